The maximum absolute atomic E-state index is 5.38. The highest BCUT2D eigenvalue weighted by Crippen LogP contribution is 2.32. The number of pyridine rings is 1. The van der Waals surface area contributed by atoms with Crippen molar-refractivity contribution in [2.75, 3.05) is 12.1 Å². The number of anilines is 1. The second kappa shape index (κ2) is 4.66. The summed E-state index contributed by atoms with van der Waals surface area (Å²) in [5.74, 6) is 2.37. The molecule has 3 heterocycles. The monoisotopic (exact) mass is 282 g/mol. The summed E-state index contributed by atoms with van der Waals surface area (Å²) < 4.78 is 12.7. The third kappa shape index (κ3) is 2.05. The minimum atomic E-state index is 0.293. The smallest absolute Gasteiger partial charge is 0.231 e. The standard InChI is InChI=1S/C15H14N4O2/c1-19-8-18-14-11(19)4-5-16-15(14)17-7-10-2-3-12-13(6-10)21-9-20-12/h2-6,8H,7,9H2,1H3,(H,16,17). The van der Waals surface area contributed by atoms with Crippen molar-refractivity contribution < 1.29 is 9.47 Å². The van der Waals surface area contributed by atoms with E-state index in [9.17, 15) is 0 Å². The van der Waals surface area contributed by atoms with Gasteiger partial charge in [-0.05, 0) is 23.8 Å². The number of fused-ring (bicyclic) bond motifs is 2. The molecule has 106 valence electrons. The molecule has 1 aliphatic rings. The summed E-state index contributed by atoms with van der Waals surface area (Å²) in [4.78, 5) is 8.75. The summed E-state index contributed by atoms with van der Waals surface area (Å²) in [5.41, 5.74) is 3.04. The van der Waals surface area contributed by atoms with Gasteiger partial charge in [0.05, 0.1) is 11.8 Å². The Morgan fingerprint density at radius 2 is 2.10 bits per heavy atom. The van der Waals surface area contributed by atoms with Crippen LogP contribution in [0.15, 0.2) is 36.8 Å². The predicted octanol–water partition coefficient (Wildman–Crippen LogP) is 2.31. The van der Waals surface area contributed by atoms with Crippen molar-refractivity contribution in [3.63, 3.8) is 0 Å². The van der Waals surface area contributed by atoms with Crippen LogP contribution in [0.3, 0.4) is 0 Å². The van der Waals surface area contributed by atoms with Gasteiger partial charge in [-0.3, -0.25) is 0 Å². The van der Waals surface area contributed by atoms with Crippen LogP contribution >= 0.6 is 0 Å². The van der Waals surface area contributed by atoms with Crippen molar-refractivity contribution in [3.05, 3.63) is 42.4 Å². The lowest BCUT2D eigenvalue weighted by Crippen LogP contribution is -2.02. The number of rotatable bonds is 3. The van der Waals surface area contributed by atoms with Gasteiger partial charge in [0, 0.05) is 19.8 Å². The Balaban J connectivity index is 1.58. The van der Waals surface area contributed by atoms with Crippen molar-refractivity contribution in [3.8, 4) is 11.5 Å². The molecule has 0 radical (unpaired) electrons. The van der Waals surface area contributed by atoms with Gasteiger partial charge < -0.3 is 19.4 Å². The van der Waals surface area contributed by atoms with Crippen LogP contribution in [0.2, 0.25) is 0 Å². The van der Waals surface area contributed by atoms with Crippen molar-refractivity contribution in [2.24, 2.45) is 7.05 Å². The highest BCUT2D eigenvalue weighted by Gasteiger charge is 2.13. The third-order valence-corrected chi connectivity index (χ3v) is 3.54. The second-order valence-corrected chi connectivity index (χ2v) is 4.92. The molecule has 1 aliphatic heterocycles. The van der Waals surface area contributed by atoms with Gasteiger partial charge in [-0.2, -0.15) is 0 Å². The minimum absolute atomic E-state index is 0.293. The maximum Gasteiger partial charge on any atom is 0.231 e. The zero-order valence-electron chi connectivity index (χ0n) is 11.5. The quantitative estimate of drug-likeness (QED) is 0.798. The van der Waals surface area contributed by atoms with Gasteiger partial charge in [0.15, 0.2) is 17.3 Å². The van der Waals surface area contributed by atoms with E-state index in [1.54, 1.807) is 12.5 Å². The first-order chi connectivity index (χ1) is 10.3. The largest absolute Gasteiger partial charge is 0.454 e. The Bertz CT molecular complexity index is 813. The van der Waals surface area contributed by atoms with Gasteiger partial charge in [-0.15, -0.1) is 0 Å². The highest BCUT2D eigenvalue weighted by atomic mass is 16.7. The molecule has 0 atom stereocenters. The van der Waals surface area contributed by atoms with E-state index in [4.69, 9.17) is 9.47 Å². The van der Waals surface area contributed by atoms with E-state index >= 15 is 0 Å². The van der Waals surface area contributed by atoms with Gasteiger partial charge >= 0.3 is 0 Å². The van der Waals surface area contributed by atoms with E-state index in [0.29, 0.717) is 13.3 Å². The average molecular weight is 282 g/mol. The first-order valence-electron chi connectivity index (χ1n) is 6.70. The van der Waals surface area contributed by atoms with E-state index in [2.05, 4.69) is 15.3 Å². The zero-order valence-corrected chi connectivity index (χ0v) is 11.5. The number of imidazole rings is 1. The Morgan fingerprint density at radius 3 is 3.05 bits per heavy atom. The summed E-state index contributed by atoms with van der Waals surface area (Å²) in [6.45, 7) is 0.945. The van der Waals surface area contributed by atoms with Crippen LogP contribution in [0.5, 0.6) is 11.5 Å². The summed E-state index contributed by atoms with van der Waals surface area (Å²) in [6.07, 6.45) is 3.57. The molecule has 1 aromatic carbocycles. The fourth-order valence-electron chi connectivity index (χ4n) is 2.43. The van der Waals surface area contributed by atoms with E-state index in [1.807, 2.05) is 35.9 Å². The summed E-state index contributed by atoms with van der Waals surface area (Å²) in [5, 5.41) is 3.33. The van der Waals surface area contributed by atoms with E-state index < -0.39 is 0 Å². The normalized spacial score (nSPS) is 12.8. The van der Waals surface area contributed by atoms with Crippen molar-refractivity contribution in [1.82, 2.24) is 14.5 Å². The molecule has 6 heteroatoms. The lowest BCUT2D eigenvalue weighted by Gasteiger charge is -2.07. The van der Waals surface area contributed by atoms with E-state index in [0.717, 1.165) is 33.9 Å². The van der Waals surface area contributed by atoms with Crippen LogP contribution in [0.4, 0.5) is 5.82 Å². The molecule has 21 heavy (non-hydrogen) atoms. The van der Waals surface area contributed by atoms with Gasteiger partial charge in [0.2, 0.25) is 6.79 Å². The van der Waals surface area contributed by atoms with Gasteiger partial charge in [-0.25, -0.2) is 9.97 Å². The molecule has 0 saturated carbocycles. The van der Waals surface area contributed by atoms with E-state index in [1.165, 1.54) is 0 Å². The molecular weight excluding hydrogens is 268 g/mol. The Morgan fingerprint density at radius 1 is 1.19 bits per heavy atom. The van der Waals surface area contributed by atoms with Crippen LogP contribution in [-0.2, 0) is 13.6 Å². The summed E-state index contributed by atoms with van der Waals surface area (Å²) in [7, 11) is 1.97. The van der Waals surface area contributed by atoms with Crippen molar-refractivity contribution in [2.45, 2.75) is 6.54 Å². The van der Waals surface area contributed by atoms with E-state index in [-0.39, 0.29) is 0 Å². The number of hydrogen-bond donors (Lipinski definition) is 1. The summed E-state index contributed by atoms with van der Waals surface area (Å²) >= 11 is 0. The molecular formula is C15H14N4O2. The maximum atomic E-state index is 5.38. The Hall–Kier alpha value is -2.76. The van der Waals surface area contributed by atoms with Crippen LogP contribution in [-0.4, -0.2) is 21.3 Å². The molecule has 3 aromatic rings. The molecule has 0 spiro atoms. The van der Waals surface area contributed by atoms with Crippen LogP contribution in [0.25, 0.3) is 11.0 Å². The molecule has 2 aromatic heterocycles. The lowest BCUT2D eigenvalue weighted by molar-refractivity contribution is 0.174. The number of ether oxygens (including phenoxy) is 2. The first-order valence-corrected chi connectivity index (χ1v) is 6.70. The topological polar surface area (TPSA) is 61.2 Å². The minimum Gasteiger partial charge on any atom is -0.454 e. The fraction of sp³-hybridized carbons (Fsp3) is 0.200. The van der Waals surface area contributed by atoms with Crippen LogP contribution in [0, 0.1) is 0 Å². The number of nitrogens with one attached hydrogen (secondary N) is 1. The molecule has 0 unspecified atom stereocenters. The van der Waals surface area contributed by atoms with Crippen molar-refractivity contribution in [1.29, 1.82) is 0 Å². The zero-order chi connectivity index (χ0) is 14.2. The van der Waals surface area contributed by atoms with Crippen LogP contribution in [0.1, 0.15) is 5.56 Å². The SMILES string of the molecule is Cn1cnc2c(NCc3ccc4c(c3)OCO4)nccc21. The predicted molar refractivity (Wildman–Crippen MR) is 78.4 cm³/mol. The number of benzene rings is 1. The van der Waals surface area contributed by atoms with Crippen molar-refractivity contribution >= 4 is 16.9 Å². The summed E-state index contributed by atoms with van der Waals surface area (Å²) in [6, 6.07) is 7.87. The first kappa shape index (κ1) is 12.0. The number of aryl methyl sites for hydroxylation is 1. The number of nitrogens with zero attached hydrogens (tertiary/aromatic N) is 3. The molecule has 4 rings (SSSR count). The van der Waals surface area contributed by atoms with Gasteiger partial charge in [0.25, 0.3) is 0 Å². The fourth-order valence-corrected chi connectivity index (χ4v) is 2.43. The van der Waals surface area contributed by atoms with Gasteiger partial charge in [-0.1, -0.05) is 6.07 Å². The lowest BCUT2D eigenvalue weighted by atomic mass is 10.2. The number of aromatic nitrogens is 3. The number of hydrogen-bond acceptors (Lipinski definition) is 5. The molecule has 0 fully saturated rings. The molecule has 0 bridgehead atoms. The molecule has 6 nitrogen and oxygen atoms in total. The molecule has 1 N–H and O–H groups in total. The highest BCUT2D eigenvalue weighted by molar-refractivity contribution is 5.85. The average Bonchev–Trinajstić information content (AvgIpc) is 3.12. The molecule has 0 aliphatic carbocycles. The van der Waals surface area contributed by atoms with Gasteiger partial charge in [0.1, 0.15) is 5.52 Å². The van der Waals surface area contributed by atoms with Crippen LogP contribution < -0.4 is 14.8 Å². The Labute approximate surface area is 121 Å². The second-order valence-electron chi connectivity index (χ2n) is 4.92. The molecule has 0 amide bonds. The third-order valence-electron chi connectivity index (χ3n) is 3.54. The Kier molecular flexibility index (Phi) is 2.67. The molecule has 0 saturated heterocycles.